The van der Waals surface area contributed by atoms with E-state index in [0.29, 0.717) is 11.5 Å². The summed E-state index contributed by atoms with van der Waals surface area (Å²) in [5.74, 6) is -5.29. The molecule has 266 valence electrons. The summed E-state index contributed by atoms with van der Waals surface area (Å²) in [5.41, 5.74) is -7.85. The maximum Gasteiger partial charge on any atom is 0.353 e. The number of aliphatic hydroxyl groups excluding tert-OH is 1. The molecule has 2 aromatic rings. The van der Waals surface area contributed by atoms with Crippen molar-refractivity contribution in [2.45, 2.75) is 70.5 Å². The Hall–Kier alpha value is -4.16. The maximum atomic E-state index is 17.6. The molecule has 4 aliphatic carbocycles. The molecule has 4 aliphatic rings. The Labute approximate surface area is 291 Å². The number of alkyl halides is 3. The summed E-state index contributed by atoms with van der Waals surface area (Å²) in [6.07, 6.45) is -0.676. The molecule has 0 heterocycles. The van der Waals surface area contributed by atoms with Crippen molar-refractivity contribution in [2.75, 3.05) is 6.86 Å². The summed E-state index contributed by atoms with van der Waals surface area (Å²) in [6.45, 7) is 4.32. The zero-order valence-electron chi connectivity index (χ0n) is 27.7. The first-order valence-electron chi connectivity index (χ1n) is 16.2. The molecule has 9 nitrogen and oxygen atoms in total. The van der Waals surface area contributed by atoms with Gasteiger partial charge in [-0.1, -0.05) is 31.5 Å². The molecule has 3 fully saturated rings. The van der Waals surface area contributed by atoms with Crippen LogP contribution in [0, 0.1) is 28.6 Å². The summed E-state index contributed by atoms with van der Waals surface area (Å²) < 4.78 is 68.9. The molecule has 2 aromatic carbocycles. The first kappa shape index (κ1) is 35.7. The zero-order valence-corrected chi connectivity index (χ0v) is 28.5. The number of allylic oxidation sites excluding steroid dienone is 4. The zero-order chi connectivity index (χ0) is 36.4. The minimum atomic E-state index is -2.44. The van der Waals surface area contributed by atoms with Crippen LogP contribution in [0.25, 0.3) is 0 Å². The second-order valence-corrected chi connectivity index (χ2v) is 14.4. The number of hydrogen-bond donors (Lipinski definition) is 1. The number of benzene rings is 2. The minimum Gasteiger partial charge on any atom is -0.457 e. The van der Waals surface area contributed by atoms with E-state index >= 15 is 8.78 Å². The Morgan fingerprint density at radius 2 is 1.72 bits per heavy atom. The fourth-order valence-electron chi connectivity index (χ4n) is 9.16. The van der Waals surface area contributed by atoms with E-state index in [-0.39, 0.29) is 34.8 Å². The average molecular weight is 717 g/mol. The third kappa shape index (κ3) is 5.25. The van der Waals surface area contributed by atoms with Crippen LogP contribution in [-0.4, -0.2) is 59.2 Å². The van der Waals surface area contributed by atoms with Gasteiger partial charge >= 0.3 is 17.9 Å². The molecule has 0 radical (unpaired) electrons. The lowest BCUT2D eigenvalue weighted by Crippen LogP contribution is -2.71. The van der Waals surface area contributed by atoms with E-state index in [1.54, 1.807) is 13.8 Å². The van der Waals surface area contributed by atoms with Gasteiger partial charge in [-0.15, -0.1) is 0 Å². The lowest BCUT2D eigenvalue weighted by Gasteiger charge is -2.63. The second-order valence-electron chi connectivity index (χ2n) is 14.0. The summed E-state index contributed by atoms with van der Waals surface area (Å²) in [4.78, 5) is 51.0. The van der Waals surface area contributed by atoms with Gasteiger partial charge in [0.1, 0.15) is 23.4 Å². The van der Waals surface area contributed by atoms with Crippen LogP contribution in [0.1, 0.15) is 57.3 Å². The van der Waals surface area contributed by atoms with Crippen LogP contribution in [0.15, 0.2) is 66.3 Å². The molecule has 0 saturated heterocycles. The Morgan fingerprint density at radius 1 is 1.04 bits per heavy atom. The van der Waals surface area contributed by atoms with E-state index in [2.05, 4.69) is 0 Å². The van der Waals surface area contributed by atoms with E-state index in [4.69, 9.17) is 30.5 Å². The average Bonchev–Trinajstić information content (AvgIpc) is 3.27. The van der Waals surface area contributed by atoms with Gasteiger partial charge in [0.25, 0.3) is 0 Å². The SMILES string of the molecule is CC(=O)Oc1ccc(Oc2ccc(C(=O)O[C@@]3(C(=O)OCF)[C@H](C)C[C@H]4[C@@H]5C[C@H](F)C6=CC(=O)C=C[C@]6(C)C5(F)[C@@H](O)C[C@@]43C)cc2)cc1Cl. The maximum absolute atomic E-state index is 17.6. The first-order valence-corrected chi connectivity index (χ1v) is 16.6. The predicted octanol–water partition coefficient (Wildman–Crippen LogP) is 6.99. The van der Waals surface area contributed by atoms with Gasteiger partial charge in [0, 0.05) is 35.7 Å². The van der Waals surface area contributed by atoms with Gasteiger partial charge in [0.15, 0.2) is 11.5 Å². The number of ether oxygens (including phenoxy) is 4. The van der Waals surface area contributed by atoms with Gasteiger partial charge in [-0.3, -0.25) is 9.59 Å². The van der Waals surface area contributed by atoms with Crippen molar-refractivity contribution in [2.24, 2.45) is 28.6 Å². The van der Waals surface area contributed by atoms with Gasteiger partial charge in [-0.25, -0.2) is 22.8 Å². The summed E-state index contributed by atoms with van der Waals surface area (Å²) in [5, 5.41) is 11.8. The van der Waals surface area contributed by atoms with Crippen molar-refractivity contribution in [1.29, 1.82) is 0 Å². The highest BCUT2D eigenvalue weighted by atomic mass is 35.5. The van der Waals surface area contributed by atoms with E-state index in [0.717, 1.165) is 12.2 Å². The quantitative estimate of drug-likeness (QED) is 0.239. The summed E-state index contributed by atoms with van der Waals surface area (Å²) in [7, 11) is 0. The van der Waals surface area contributed by atoms with E-state index < -0.39 is 89.1 Å². The third-order valence-electron chi connectivity index (χ3n) is 11.4. The van der Waals surface area contributed by atoms with E-state index in [9.17, 15) is 28.7 Å². The summed E-state index contributed by atoms with van der Waals surface area (Å²) >= 11 is 6.17. The standard InChI is InChI=1S/C37H36ClF3O9/c1-19-13-25-26-16-29(40)27-14-22(43)11-12-34(27,3)36(26,41)31(44)17-35(25,4)37(19,33(46)47-18-39)50-32(45)21-5-7-23(8-6-21)49-24-9-10-30(28(38)15-24)48-20(2)42/h5-12,14-15,19,25-26,29,31,44H,13,16-18H2,1-4H3/t19-,25+,26+,29+,31+,34+,35+,36?,37-/m1/s1. The normalized spacial score (nSPS) is 35.6. The topological polar surface area (TPSA) is 125 Å². The minimum absolute atomic E-state index is 0.00996. The summed E-state index contributed by atoms with van der Waals surface area (Å²) in [6, 6.07) is 10.1. The largest absolute Gasteiger partial charge is 0.457 e. The van der Waals surface area contributed by atoms with Crippen LogP contribution >= 0.6 is 11.6 Å². The van der Waals surface area contributed by atoms with E-state index in [1.807, 2.05) is 0 Å². The molecule has 0 bridgehead atoms. The molecule has 9 atom stereocenters. The number of halogens is 4. The molecule has 6 rings (SSSR count). The highest BCUT2D eigenvalue weighted by molar-refractivity contribution is 6.32. The van der Waals surface area contributed by atoms with Gasteiger partial charge in [-0.2, -0.15) is 0 Å². The second kappa shape index (κ2) is 12.6. The van der Waals surface area contributed by atoms with Crippen LogP contribution in [0.3, 0.4) is 0 Å². The number of rotatable bonds is 7. The van der Waals surface area contributed by atoms with Crippen molar-refractivity contribution >= 4 is 35.3 Å². The number of ketones is 1. The lowest BCUT2D eigenvalue weighted by atomic mass is 9.44. The van der Waals surface area contributed by atoms with Crippen molar-refractivity contribution in [3.63, 3.8) is 0 Å². The van der Waals surface area contributed by atoms with Crippen molar-refractivity contribution in [3.8, 4) is 17.2 Å². The number of hydrogen-bond acceptors (Lipinski definition) is 9. The van der Waals surface area contributed by atoms with Crippen LogP contribution < -0.4 is 9.47 Å². The Morgan fingerprint density at radius 3 is 2.36 bits per heavy atom. The van der Waals surface area contributed by atoms with Gasteiger partial charge in [0.05, 0.1) is 16.7 Å². The molecule has 1 N–H and O–H groups in total. The monoisotopic (exact) mass is 716 g/mol. The predicted molar refractivity (Wildman–Crippen MR) is 173 cm³/mol. The first-order chi connectivity index (χ1) is 23.5. The molecule has 0 aliphatic heterocycles. The molecule has 0 amide bonds. The van der Waals surface area contributed by atoms with Gasteiger partial charge in [0.2, 0.25) is 12.5 Å². The highest BCUT2D eigenvalue weighted by Crippen LogP contribution is 2.71. The number of carbonyl (C=O) groups excluding carboxylic acids is 4. The van der Waals surface area contributed by atoms with Crippen LogP contribution in [0.5, 0.6) is 17.2 Å². The highest BCUT2D eigenvalue weighted by Gasteiger charge is 2.78. The number of fused-ring (bicyclic) bond motifs is 5. The molecule has 0 aromatic heterocycles. The van der Waals surface area contributed by atoms with Crippen LogP contribution in [0.4, 0.5) is 13.2 Å². The fraction of sp³-hybridized carbons (Fsp3) is 0.459. The lowest BCUT2D eigenvalue weighted by molar-refractivity contribution is -0.232. The third-order valence-corrected chi connectivity index (χ3v) is 11.7. The Bertz CT molecular complexity index is 1810. The molecule has 1 unspecified atom stereocenters. The Kier molecular flexibility index (Phi) is 8.96. The number of esters is 3. The number of aliphatic hydroxyl groups is 1. The molecule has 50 heavy (non-hydrogen) atoms. The van der Waals surface area contributed by atoms with Crippen molar-refractivity contribution < 1.29 is 56.4 Å². The van der Waals surface area contributed by atoms with E-state index in [1.165, 1.54) is 62.4 Å². The smallest absolute Gasteiger partial charge is 0.353 e. The fourth-order valence-corrected chi connectivity index (χ4v) is 9.37. The molecular formula is C37H36ClF3O9. The van der Waals surface area contributed by atoms with Crippen molar-refractivity contribution in [3.05, 3.63) is 76.9 Å². The van der Waals surface area contributed by atoms with Crippen LogP contribution in [0.2, 0.25) is 5.02 Å². The number of carbonyl (C=O) groups is 4. The van der Waals surface area contributed by atoms with Gasteiger partial charge < -0.3 is 24.1 Å². The molecule has 0 spiro atoms. The van der Waals surface area contributed by atoms with Gasteiger partial charge in [-0.05, 0) is 86.2 Å². The van der Waals surface area contributed by atoms with Crippen LogP contribution in [-0.2, 0) is 23.9 Å². The molecule has 13 heteroatoms. The molecular weight excluding hydrogens is 681 g/mol. The molecule has 3 saturated carbocycles. The Balaban J connectivity index is 1.30. The van der Waals surface area contributed by atoms with Crippen molar-refractivity contribution in [1.82, 2.24) is 0 Å².